The van der Waals surface area contributed by atoms with E-state index in [9.17, 15) is 14.3 Å². The Labute approximate surface area is 169 Å². The molecule has 0 saturated carbocycles. The van der Waals surface area contributed by atoms with Gasteiger partial charge in [0.05, 0.1) is 12.3 Å². The van der Waals surface area contributed by atoms with E-state index in [2.05, 4.69) is 4.98 Å². The monoisotopic (exact) mass is 400 g/mol. The van der Waals surface area contributed by atoms with Gasteiger partial charge in [-0.05, 0) is 42.5 Å². The number of anilines is 1. The Balaban J connectivity index is 1.50. The Hall–Kier alpha value is -2.58. The number of aliphatic hydroxyl groups is 1. The Kier molecular flexibility index (Phi) is 5.23. The summed E-state index contributed by atoms with van der Waals surface area (Å²) in [6.07, 6.45) is 2.55. The van der Waals surface area contributed by atoms with E-state index in [1.807, 2.05) is 25.2 Å². The molecular formula is C21H25FN4O3. The molecule has 1 aromatic heterocycles. The third kappa shape index (κ3) is 3.70. The lowest BCUT2D eigenvalue weighted by Crippen LogP contribution is -2.50. The van der Waals surface area contributed by atoms with E-state index in [-0.39, 0.29) is 5.91 Å². The molecule has 2 aromatic rings. The van der Waals surface area contributed by atoms with Crippen molar-refractivity contribution in [2.45, 2.75) is 31.0 Å². The highest BCUT2D eigenvalue weighted by Crippen LogP contribution is 2.41. The predicted molar refractivity (Wildman–Crippen MR) is 105 cm³/mol. The second kappa shape index (κ2) is 7.68. The van der Waals surface area contributed by atoms with Crippen molar-refractivity contribution in [3.05, 3.63) is 53.1 Å². The number of ether oxygens (including phenoxy) is 1. The van der Waals surface area contributed by atoms with Crippen molar-refractivity contribution in [2.24, 2.45) is 0 Å². The summed E-state index contributed by atoms with van der Waals surface area (Å²) in [6, 6.07) is 5.35. The minimum Gasteiger partial charge on any atom is -0.378 e. The maximum Gasteiger partial charge on any atom is 0.256 e. The molecule has 4 rings (SSSR count). The number of hydrogen-bond acceptors (Lipinski definition) is 6. The summed E-state index contributed by atoms with van der Waals surface area (Å²) in [4.78, 5) is 25.4. The van der Waals surface area contributed by atoms with Crippen molar-refractivity contribution in [3.8, 4) is 0 Å². The highest BCUT2D eigenvalue weighted by Gasteiger charge is 2.44. The molecule has 1 aromatic carbocycles. The van der Waals surface area contributed by atoms with E-state index in [4.69, 9.17) is 9.72 Å². The highest BCUT2D eigenvalue weighted by atomic mass is 19.1. The van der Waals surface area contributed by atoms with Gasteiger partial charge in [-0.25, -0.2) is 14.4 Å². The maximum absolute atomic E-state index is 13.1. The van der Waals surface area contributed by atoms with Crippen molar-refractivity contribution in [3.63, 3.8) is 0 Å². The van der Waals surface area contributed by atoms with Gasteiger partial charge in [0.1, 0.15) is 11.4 Å². The van der Waals surface area contributed by atoms with Crippen LogP contribution in [0, 0.1) is 5.82 Å². The zero-order chi connectivity index (χ0) is 20.6. The third-order valence-corrected chi connectivity index (χ3v) is 5.74. The fourth-order valence-electron chi connectivity index (χ4n) is 4.05. The molecule has 2 aliphatic heterocycles. The van der Waals surface area contributed by atoms with Crippen LogP contribution in [0.5, 0.6) is 0 Å². The first-order valence-corrected chi connectivity index (χ1v) is 9.80. The van der Waals surface area contributed by atoms with Crippen molar-refractivity contribution < 1.29 is 19.0 Å². The summed E-state index contributed by atoms with van der Waals surface area (Å²) >= 11 is 0. The average Bonchev–Trinajstić information content (AvgIpc) is 2.74. The van der Waals surface area contributed by atoms with Gasteiger partial charge < -0.3 is 19.6 Å². The van der Waals surface area contributed by atoms with Gasteiger partial charge in [0.2, 0.25) is 5.95 Å². The summed E-state index contributed by atoms with van der Waals surface area (Å²) in [5, 5.41) is 10.4. The molecule has 3 heterocycles. The summed E-state index contributed by atoms with van der Waals surface area (Å²) < 4.78 is 19.3. The van der Waals surface area contributed by atoms with Gasteiger partial charge in [-0.15, -0.1) is 0 Å². The molecule has 1 saturated heterocycles. The van der Waals surface area contributed by atoms with Gasteiger partial charge in [-0.3, -0.25) is 4.79 Å². The van der Waals surface area contributed by atoms with Crippen LogP contribution < -0.4 is 4.90 Å². The normalized spacial score (nSPS) is 19.0. The zero-order valence-corrected chi connectivity index (χ0v) is 16.6. The SMILES string of the molecule is CN(C)c1ncc2c(n1)C1(CCN(C(=O)C(O)c3ccc(F)cc3)CC1)OCC2. The molecule has 1 unspecified atom stereocenters. The minimum absolute atomic E-state index is 0.376. The minimum atomic E-state index is -1.30. The molecule has 0 bridgehead atoms. The number of hydrogen-bond donors (Lipinski definition) is 1. The summed E-state index contributed by atoms with van der Waals surface area (Å²) in [6.45, 7) is 1.51. The molecule has 1 fully saturated rings. The van der Waals surface area contributed by atoms with Crippen LogP contribution in [0.15, 0.2) is 30.5 Å². The number of carbonyl (C=O) groups is 1. The van der Waals surface area contributed by atoms with E-state index in [1.165, 1.54) is 24.3 Å². The van der Waals surface area contributed by atoms with Gasteiger partial charge in [0.25, 0.3) is 5.91 Å². The lowest BCUT2D eigenvalue weighted by Gasteiger charge is -2.44. The molecule has 29 heavy (non-hydrogen) atoms. The van der Waals surface area contributed by atoms with Crippen LogP contribution in [0.1, 0.15) is 35.8 Å². The lowest BCUT2D eigenvalue weighted by molar-refractivity contribution is -0.149. The Morgan fingerprint density at radius 1 is 1.28 bits per heavy atom. The van der Waals surface area contributed by atoms with E-state index in [0.717, 1.165) is 17.7 Å². The smallest absolute Gasteiger partial charge is 0.256 e. The molecule has 154 valence electrons. The fraction of sp³-hybridized carbons (Fsp3) is 0.476. The maximum atomic E-state index is 13.1. The predicted octanol–water partition coefficient (Wildman–Crippen LogP) is 1.81. The first kappa shape index (κ1) is 19.7. The quantitative estimate of drug-likeness (QED) is 0.847. The second-order valence-electron chi connectivity index (χ2n) is 7.81. The number of piperidine rings is 1. The summed E-state index contributed by atoms with van der Waals surface area (Å²) in [7, 11) is 3.80. The Morgan fingerprint density at radius 3 is 2.62 bits per heavy atom. The van der Waals surface area contributed by atoms with Gasteiger partial charge in [0, 0.05) is 33.4 Å². The topological polar surface area (TPSA) is 78.8 Å². The molecular weight excluding hydrogens is 375 g/mol. The van der Waals surface area contributed by atoms with Crippen LogP contribution in [-0.4, -0.2) is 59.7 Å². The number of aliphatic hydroxyl groups excluding tert-OH is 1. The van der Waals surface area contributed by atoms with Crippen molar-refractivity contribution in [1.29, 1.82) is 0 Å². The summed E-state index contributed by atoms with van der Waals surface area (Å²) in [5.74, 6) is -0.140. The molecule has 1 amide bonds. The number of likely N-dealkylation sites (tertiary alicyclic amines) is 1. The molecule has 1 atom stereocenters. The largest absolute Gasteiger partial charge is 0.378 e. The second-order valence-corrected chi connectivity index (χ2v) is 7.81. The molecule has 1 spiro atoms. The van der Waals surface area contributed by atoms with Gasteiger partial charge >= 0.3 is 0 Å². The van der Waals surface area contributed by atoms with E-state index in [1.54, 1.807) is 4.90 Å². The molecule has 1 N–H and O–H groups in total. The Morgan fingerprint density at radius 2 is 1.97 bits per heavy atom. The fourth-order valence-corrected chi connectivity index (χ4v) is 4.05. The number of amides is 1. The first-order chi connectivity index (χ1) is 13.9. The van der Waals surface area contributed by atoms with Crippen LogP contribution in [0.25, 0.3) is 0 Å². The van der Waals surface area contributed by atoms with Crippen molar-refractivity contribution in [2.75, 3.05) is 38.7 Å². The summed E-state index contributed by atoms with van der Waals surface area (Å²) in [5.41, 5.74) is 1.86. The van der Waals surface area contributed by atoms with Crippen LogP contribution in [0.3, 0.4) is 0 Å². The third-order valence-electron chi connectivity index (χ3n) is 5.74. The number of rotatable bonds is 3. The van der Waals surface area contributed by atoms with Gasteiger partial charge in [-0.2, -0.15) is 0 Å². The molecule has 2 aliphatic rings. The highest BCUT2D eigenvalue weighted by molar-refractivity contribution is 5.82. The van der Waals surface area contributed by atoms with Gasteiger partial charge in [0.15, 0.2) is 6.10 Å². The van der Waals surface area contributed by atoms with Crippen molar-refractivity contribution in [1.82, 2.24) is 14.9 Å². The lowest BCUT2D eigenvalue weighted by atomic mass is 9.83. The van der Waals surface area contributed by atoms with Crippen LogP contribution in [0.4, 0.5) is 10.3 Å². The molecule has 0 aliphatic carbocycles. The number of fused-ring (bicyclic) bond motifs is 2. The zero-order valence-electron chi connectivity index (χ0n) is 16.6. The average molecular weight is 400 g/mol. The van der Waals surface area contributed by atoms with Gasteiger partial charge in [-0.1, -0.05) is 12.1 Å². The van der Waals surface area contributed by atoms with E-state index < -0.39 is 17.5 Å². The number of carbonyl (C=O) groups excluding carboxylic acids is 1. The van der Waals surface area contributed by atoms with E-state index in [0.29, 0.717) is 44.0 Å². The number of halogens is 1. The molecule has 0 radical (unpaired) electrons. The number of nitrogens with zero attached hydrogens (tertiary/aromatic N) is 4. The first-order valence-electron chi connectivity index (χ1n) is 9.80. The standard InChI is InChI=1S/C21H25FN4O3/c1-25(2)20-23-13-15-7-12-29-21(18(15)24-20)8-10-26(11-9-21)19(28)17(27)14-3-5-16(22)6-4-14/h3-6,13,17,27H,7-12H2,1-2H3. The van der Waals surface area contributed by atoms with E-state index >= 15 is 0 Å². The van der Waals surface area contributed by atoms with Crippen LogP contribution >= 0.6 is 0 Å². The van der Waals surface area contributed by atoms with Crippen LogP contribution in [0.2, 0.25) is 0 Å². The number of benzene rings is 1. The van der Waals surface area contributed by atoms with Crippen molar-refractivity contribution >= 4 is 11.9 Å². The molecule has 8 heteroatoms. The number of aromatic nitrogens is 2. The molecule has 7 nitrogen and oxygen atoms in total. The van der Waals surface area contributed by atoms with Crippen LogP contribution in [-0.2, 0) is 21.6 Å². The Bertz CT molecular complexity index is 895.